The lowest BCUT2D eigenvalue weighted by Gasteiger charge is -2.20. The first-order valence-corrected chi connectivity index (χ1v) is 15.3. The highest BCUT2D eigenvalue weighted by Crippen LogP contribution is 2.56. The highest BCUT2D eigenvalue weighted by Gasteiger charge is 2.33. The van der Waals surface area contributed by atoms with Crippen molar-refractivity contribution >= 4 is 55.0 Å². The molecule has 0 radical (unpaired) electrons. The van der Waals surface area contributed by atoms with Crippen LogP contribution in [-0.2, 0) is 13.6 Å². The molecule has 11 heteroatoms. The van der Waals surface area contributed by atoms with E-state index in [9.17, 15) is 18.2 Å². The molecule has 208 valence electrons. The van der Waals surface area contributed by atoms with Gasteiger partial charge in [-0.15, -0.1) is 0 Å². The van der Waals surface area contributed by atoms with Gasteiger partial charge in [-0.3, -0.25) is 4.89 Å². The van der Waals surface area contributed by atoms with Crippen molar-refractivity contribution in [3.63, 3.8) is 0 Å². The molecule has 0 bridgehead atoms. The van der Waals surface area contributed by atoms with E-state index in [4.69, 9.17) is 18.5 Å². The van der Waals surface area contributed by atoms with Crippen LogP contribution < -0.4 is 9.47 Å². The minimum atomic E-state index is -4.90. The second-order valence-electron chi connectivity index (χ2n) is 8.91. The molecule has 2 heterocycles. The van der Waals surface area contributed by atoms with Gasteiger partial charge in [0.2, 0.25) is 0 Å². The van der Waals surface area contributed by atoms with E-state index in [1.807, 2.05) is 0 Å². The van der Waals surface area contributed by atoms with Gasteiger partial charge >= 0.3 is 7.82 Å². The third kappa shape index (κ3) is 5.48. The summed E-state index contributed by atoms with van der Waals surface area (Å²) in [6, 6.07) is 18.9. The number of rotatable bonds is 6. The highest BCUT2D eigenvalue weighted by molar-refractivity contribution is 8.00. The number of phosphoric acid groups is 1. The maximum Gasteiger partial charge on any atom is 0.584 e. The second kappa shape index (κ2) is 10.9. The highest BCUT2D eigenvalue weighted by atomic mass is 32.2. The fourth-order valence-corrected chi connectivity index (χ4v) is 7.56. The zero-order valence-corrected chi connectivity index (χ0v) is 24.1. The lowest BCUT2D eigenvalue weighted by atomic mass is 10.1. The summed E-state index contributed by atoms with van der Waals surface area (Å²) in [6.07, 6.45) is 2.98. The SMILES string of the molecule is COc1cccc2c1Sc1ccc(F)cc1C=C2OP(=O)(O)OC1=Cc2cc(F)ccc2Sc2c(OC)cccc21. The number of hydrogen-bond acceptors (Lipinski definition) is 7. The minimum Gasteiger partial charge on any atom is -0.496 e. The lowest BCUT2D eigenvalue weighted by Crippen LogP contribution is -1.99. The molecule has 2 aliphatic heterocycles. The fraction of sp³-hybridized carbons (Fsp3) is 0.0667. The standard InChI is InChI=1S/C30H21F2O6PS2/c1-35-23-7-3-5-21-25(15-17-13-19(31)9-11-27(17)40-29(21)23)37-39(33,34)38-26-16-18-14-20(32)10-12-28(18)41-30-22(26)6-4-8-24(30)36-2/h3-16H,1-2H3,(H,33,34). The van der Waals surface area contributed by atoms with Gasteiger partial charge in [0, 0.05) is 20.9 Å². The first-order valence-electron chi connectivity index (χ1n) is 12.2. The molecule has 0 atom stereocenters. The summed E-state index contributed by atoms with van der Waals surface area (Å²) in [7, 11) is -1.87. The predicted molar refractivity (Wildman–Crippen MR) is 155 cm³/mol. The Kier molecular flexibility index (Phi) is 7.34. The molecule has 6 rings (SSSR count). The van der Waals surface area contributed by atoms with E-state index in [0.29, 0.717) is 53.3 Å². The molecule has 0 saturated carbocycles. The lowest BCUT2D eigenvalue weighted by molar-refractivity contribution is 0.264. The van der Waals surface area contributed by atoms with E-state index in [-0.39, 0.29) is 11.5 Å². The summed E-state index contributed by atoms with van der Waals surface area (Å²) in [4.78, 5) is 13.8. The van der Waals surface area contributed by atoms with Crippen molar-refractivity contribution in [1.29, 1.82) is 0 Å². The van der Waals surface area contributed by atoms with Crippen LogP contribution in [0.25, 0.3) is 23.7 Å². The Labute approximate surface area is 243 Å². The summed E-state index contributed by atoms with van der Waals surface area (Å²) < 4.78 is 64.5. The molecule has 0 aromatic heterocycles. The molecule has 0 amide bonds. The van der Waals surface area contributed by atoms with Gasteiger partial charge in [-0.25, -0.2) is 13.3 Å². The topological polar surface area (TPSA) is 74.2 Å². The van der Waals surface area contributed by atoms with Crippen molar-refractivity contribution in [3.05, 3.63) is 107 Å². The molecule has 4 aromatic rings. The van der Waals surface area contributed by atoms with Gasteiger partial charge in [0.15, 0.2) is 0 Å². The van der Waals surface area contributed by atoms with E-state index in [0.717, 1.165) is 0 Å². The summed E-state index contributed by atoms with van der Waals surface area (Å²) >= 11 is 2.64. The Morgan fingerprint density at radius 2 is 1.12 bits per heavy atom. The van der Waals surface area contributed by atoms with Crippen LogP contribution in [0.1, 0.15) is 22.3 Å². The Hall–Kier alpha value is -3.69. The Bertz CT molecular complexity index is 1680. The van der Waals surface area contributed by atoms with E-state index >= 15 is 0 Å². The number of benzene rings is 4. The zero-order valence-electron chi connectivity index (χ0n) is 21.6. The number of fused-ring (bicyclic) bond motifs is 4. The van der Waals surface area contributed by atoms with Crippen LogP contribution in [0.4, 0.5) is 8.78 Å². The molecule has 0 saturated heterocycles. The van der Waals surface area contributed by atoms with Crippen LogP contribution in [0.3, 0.4) is 0 Å². The van der Waals surface area contributed by atoms with Crippen LogP contribution in [0.2, 0.25) is 0 Å². The maximum absolute atomic E-state index is 14.2. The quantitative estimate of drug-likeness (QED) is 0.217. The Morgan fingerprint density at radius 1 is 0.683 bits per heavy atom. The van der Waals surface area contributed by atoms with E-state index < -0.39 is 19.5 Å². The summed E-state index contributed by atoms with van der Waals surface area (Å²) in [5.74, 6) is 0.0507. The average molecular weight is 611 g/mol. The molecule has 0 spiro atoms. The van der Waals surface area contributed by atoms with Gasteiger partial charge in [-0.2, -0.15) is 0 Å². The van der Waals surface area contributed by atoms with Crippen LogP contribution in [0, 0.1) is 11.6 Å². The third-order valence-corrected chi connectivity index (χ3v) is 9.59. The average Bonchev–Trinajstić information content (AvgIpc) is 3.19. The van der Waals surface area contributed by atoms with Crippen molar-refractivity contribution in [2.24, 2.45) is 0 Å². The largest absolute Gasteiger partial charge is 0.584 e. The number of halogens is 2. The number of ether oxygens (including phenoxy) is 2. The monoisotopic (exact) mass is 610 g/mol. The number of methoxy groups -OCH3 is 2. The van der Waals surface area contributed by atoms with E-state index in [2.05, 4.69) is 0 Å². The Morgan fingerprint density at radius 3 is 1.54 bits per heavy atom. The maximum atomic E-state index is 14.2. The molecule has 41 heavy (non-hydrogen) atoms. The van der Waals surface area contributed by atoms with Gasteiger partial charge in [0.25, 0.3) is 0 Å². The van der Waals surface area contributed by atoms with Gasteiger partial charge < -0.3 is 18.5 Å². The van der Waals surface area contributed by atoms with Gasteiger partial charge in [0.1, 0.15) is 34.7 Å². The van der Waals surface area contributed by atoms with Crippen molar-refractivity contribution in [2.75, 3.05) is 14.2 Å². The van der Waals surface area contributed by atoms with Crippen LogP contribution in [-0.4, -0.2) is 19.1 Å². The molecular formula is C30H21F2O6PS2. The number of phosphoric ester groups is 1. The second-order valence-corrected chi connectivity index (χ2v) is 12.3. The molecule has 0 unspecified atom stereocenters. The van der Waals surface area contributed by atoms with Crippen molar-refractivity contribution in [1.82, 2.24) is 0 Å². The van der Waals surface area contributed by atoms with E-state index in [1.165, 1.54) is 74.2 Å². The van der Waals surface area contributed by atoms with Crippen molar-refractivity contribution < 1.29 is 36.8 Å². The summed E-state index contributed by atoms with van der Waals surface area (Å²) in [5.41, 5.74) is 1.83. The fourth-order valence-electron chi connectivity index (χ4n) is 4.48. The van der Waals surface area contributed by atoms with Crippen molar-refractivity contribution in [2.45, 2.75) is 19.6 Å². The molecule has 0 fully saturated rings. The van der Waals surface area contributed by atoms with Crippen molar-refractivity contribution in [3.8, 4) is 11.5 Å². The van der Waals surface area contributed by atoms with E-state index in [1.54, 1.807) is 48.5 Å². The first kappa shape index (κ1) is 27.5. The number of hydrogen-bond donors (Lipinski definition) is 1. The zero-order chi connectivity index (χ0) is 28.7. The molecule has 1 N–H and O–H groups in total. The van der Waals surface area contributed by atoms with Crippen LogP contribution in [0.5, 0.6) is 11.5 Å². The molecular weight excluding hydrogens is 589 g/mol. The molecule has 0 aliphatic carbocycles. The van der Waals surface area contributed by atoms with Crippen LogP contribution in [0.15, 0.2) is 92.4 Å². The summed E-state index contributed by atoms with van der Waals surface area (Å²) in [5, 5.41) is 0. The molecule has 6 nitrogen and oxygen atoms in total. The molecule has 2 aliphatic rings. The smallest absolute Gasteiger partial charge is 0.496 e. The Balaban J connectivity index is 1.44. The van der Waals surface area contributed by atoms with Gasteiger partial charge in [-0.1, -0.05) is 35.7 Å². The van der Waals surface area contributed by atoms with Gasteiger partial charge in [-0.05, 0) is 83.9 Å². The normalized spacial score (nSPS) is 13.7. The summed E-state index contributed by atoms with van der Waals surface area (Å²) in [6.45, 7) is 0. The predicted octanol–water partition coefficient (Wildman–Crippen LogP) is 8.74. The van der Waals surface area contributed by atoms with Gasteiger partial charge in [0.05, 0.1) is 24.0 Å². The first-order chi connectivity index (χ1) is 19.7. The minimum absolute atomic E-state index is 0.0116. The third-order valence-electron chi connectivity index (χ3n) is 6.30. The molecule has 4 aromatic carbocycles. The van der Waals surface area contributed by atoms with Crippen LogP contribution >= 0.6 is 31.3 Å².